The van der Waals surface area contributed by atoms with E-state index in [0.29, 0.717) is 0 Å². The van der Waals surface area contributed by atoms with Gasteiger partial charge < -0.3 is 9.13 Å². The summed E-state index contributed by atoms with van der Waals surface area (Å²) < 4.78 is 4.94. The SMILES string of the molecule is c1ccc(-c2cccc(-c3cccc4c3Cc3c-4cccc3-n3c4ccccc4c4c5c6ccccc6n(-c6ccccc6)c5ccc43)c2)cc1. The molecule has 0 atom stereocenters. The van der Waals surface area contributed by atoms with Gasteiger partial charge in [0.2, 0.25) is 0 Å². The summed E-state index contributed by atoms with van der Waals surface area (Å²) in [4.78, 5) is 0. The molecular formula is C49H32N2. The summed E-state index contributed by atoms with van der Waals surface area (Å²) in [5, 5.41) is 5.16. The maximum absolute atomic E-state index is 2.53. The van der Waals surface area contributed by atoms with E-state index in [-0.39, 0.29) is 0 Å². The molecule has 2 aromatic heterocycles. The zero-order chi connectivity index (χ0) is 33.5. The van der Waals surface area contributed by atoms with Gasteiger partial charge in [-0.25, -0.2) is 0 Å². The van der Waals surface area contributed by atoms with Crippen LogP contribution in [0.4, 0.5) is 0 Å². The highest BCUT2D eigenvalue weighted by molar-refractivity contribution is 6.29. The molecule has 0 fully saturated rings. The highest BCUT2D eigenvalue weighted by Crippen LogP contribution is 2.47. The van der Waals surface area contributed by atoms with E-state index in [1.165, 1.54) is 99.5 Å². The van der Waals surface area contributed by atoms with Crippen molar-refractivity contribution < 1.29 is 0 Å². The minimum Gasteiger partial charge on any atom is -0.309 e. The minimum atomic E-state index is 0.885. The van der Waals surface area contributed by atoms with Gasteiger partial charge in [0.25, 0.3) is 0 Å². The van der Waals surface area contributed by atoms with E-state index in [2.05, 4.69) is 191 Å². The van der Waals surface area contributed by atoms with E-state index >= 15 is 0 Å². The number of benzene rings is 8. The predicted octanol–water partition coefficient (Wildman–Crippen LogP) is 12.8. The first kappa shape index (κ1) is 28.2. The van der Waals surface area contributed by atoms with Gasteiger partial charge in [0.1, 0.15) is 0 Å². The van der Waals surface area contributed by atoms with Gasteiger partial charge in [-0.3, -0.25) is 0 Å². The summed E-state index contributed by atoms with van der Waals surface area (Å²) in [6, 6.07) is 66.6. The molecular weight excluding hydrogens is 617 g/mol. The highest BCUT2D eigenvalue weighted by atomic mass is 15.0. The van der Waals surface area contributed by atoms with E-state index in [0.717, 1.165) is 6.42 Å². The maximum Gasteiger partial charge on any atom is 0.0549 e. The third-order valence-electron chi connectivity index (χ3n) is 11.0. The summed E-state index contributed by atoms with van der Waals surface area (Å²) in [6.45, 7) is 0. The molecule has 2 heteroatoms. The standard InChI is InChI=1S/C49H32N2/c1-3-14-32(15-4-1)33-16-11-17-34(30-33)36-22-12-23-37-38-24-13-27-45(42(38)31-41(36)37)51-44-26-10-8-21-40(44)49-47(51)29-28-46-48(49)39-20-7-9-25-43(39)50(46)35-18-5-2-6-19-35/h1-30H,31H2. The fourth-order valence-corrected chi connectivity index (χ4v) is 8.83. The molecule has 0 N–H and O–H groups in total. The van der Waals surface area contributed by atoms with Crippen LogP contribution in [0.25, 0.3) is 88.4 Å². The Kier molecular flexibility index (Phi) is 6.05. The first-order chi connectivity index (χ1) is 25.3. The highest BCUT2D eigenvalue weighted by Gasteiger charge is 2.27. The Balaban J connectivity index is 1.14. The van der Waals surface area contributed by atoms with Gasteiger partial charge in [-0.2, -0.15) is 0 Å². The van der Waals surface area contributed by atoms with Crippen LogP contribution < -0.4 is 0 Å². The molecule has 51 heavy (non-hydrogen) atoms. The molecule has 238 valence electrons. The van der Waals surface area contributed by atoms with Crippen LogP contribution in [-0.4, -0.2) is 9.13 Å². The van der Waals surface area contributed by atoms with Crippen molar-refractivity contribution in [3.63, 3.8) is 0 Å². The van der Waals surface area contributed by atoms with Gasteiger partial charge in [0.05, 0.1) is 27.8 Å². The molecule has 0 saturated heterocycles. The molecule has 8 aromatic carbocycles. The van der Waals surface area contributed by atoms with Crippen molar-refractivity contribution >= 4 is 43.6 Å². The van der Waals surface area contributed by atoms with Crippen LogP contribution in [0.1, 0.15) is 11.1 Å². The molecule has 1 aliphatic carbocycles. The van der Waals surface area contributed by atoms with Crippen LogP contribution >= 0.6 is 0 Å². The quantitative estimate of drug-likeness (QED) is 0.180. The van der Waals surface area contributed by atoms with Crippen LogP contribution in [0.15, 0.2) is 182 Å². The summed E-state index contributed by atoms with van der Waals surface area (Å²) in [5.41, 5.74) is 17.9. The van der Waals surface area contributed by atoms with Crippen LogP contribution in [-0.2, 0) is 6.42 Å². The Labute approximate surface area is 296 Å². The average molecular weight is 649 g/mol. The second-order valence-corrected chi connectivity index (χ2v) is 13.7. The number of para-hydroxylation sites is 3. The second-order valence-electron chi connectivity index (χ2n) is 13.7. The zero-order valence-corrected chi connectivity index (χ0v) is 27.9. The Hall–Kier alpha value is -6.64. The normalized spacial score (nSPS) is 12.2. The lowest BCUT2D eigenvalue weighted by atomic mass is 9.93. The van der Waals surface area contributed by atoms with Gasteiger partial charge >= 0.3 is 0 Å². The lowest BCUT2D eigenvalue weighted by Gasteiger charge is -2.13. The smallest absolute Gasteiger partial charge is 0.0549 e. The molecule has 0 saturated carbocycles. The van der Waals surface area contributed by atoms with Crippen molar-refractivity contribution in [3.8, 4) is 44.8 Å². The summed E-state index contributed by atoms with van der Waals surface area (Å²) >= 11 is 0. The van der Waals surface area contributed by atoms with E-state index in [1.807, 2.05) is 0 Å². The lowest BCUT2D eigenvalue weighted by molar-refractivity contribution is 1.12. The third kappa shape index (κ3) is 4.11. The maximum atomic E-state index is 2.53. The van der Waals surface area contributed by atoms with Gasteiger partial charge in [-0.15, -0.1) is 0 Å². The van der Waals surface area contributed by atoms with Crippen molar-refractivity contribution in [2.75, 3.05) is 0 Å². The van der Waals surface area contributed by atoms with Crippen molar-refractivity contribution in [2.24, 2.45) is 0 Å². The first-order valence-electron chi connectivity index (χ1n) is 17.7. The molecule has 0 radical (unpaired) electrons. The first-order valence-corrected chi connectivity index (χ1v) is 17.7. The van der Waals surface area contributed by atoms with Crippen LogP contribution in [0.2, 0.25) is 0 Å². The van der Waals surface area contributed by atoms with Gasteiger partial charge in [-0.05, 0) is 93.0 Å². The Morgan fingerprint density at radius 3 is 1.61 bits per heavy atom. The second kappa shape index (κ2) is 10.9. The zero-order valence-electron chi connectivity index (χ0n) is 27.9. The van der Waals surface area contributed by atoms with E-state index in [1.54, 1.807) is 0 Å². The van der Waals surface area contributed by atoms with Gasteiger partial charge in [0, 0.05) is 33.7 Å². The number of hydrogen-bond acceptors (Lipinski definition) is 0. The van der Waals surface area contributed by atoms with Gasteiger partial charge in [0.15, 0.2) is 0 Å². The molecule has 0 amide bonds. The Bertz CT molecular complexity index is 2980. The number of nitrogens with zero attached hydrogens (tertiary/aromatic N) is 2. The lowest BCUT2D eigenvalue weighted by Crippen LogP contribution is -1.99. The van der Waals surface area contributed by atoms with E-state index < -0.39 is 0 Å². The molecule has 0 unspecified atom stereocenters. The molecule has 1 aliphatic rings. The monoisotopic (exact) mass is 648 g/mol. The number of aromatic nitrogens is 2. The van der Waals surface area contributed by atoms with Crippen molar-refractivity contribution in [3.05, 3.63) is 193 Å². The topological polar surface area (TPSA) is 9.86 Å². The molecule has 11 rings (SSSR count). The minimum absolute atomic E-state index is 0.885. The molecule has 2 heterocycles. The van der Waals surface area contributed by atoms with Crippen molar-refractivity contribution in [1.29, 1.82) is 0 Å². The molecule has 0 bridgehead atoms. The average Bonchev–Trinajstić information content (AvgIpc) is 3.86. The van der Waals surface area contributed by atoms with Crippen LogP contribution in [0.5, 0.6) is 0 Å². The summed E-state index contributed by atoms with van der Waals surface area (Å²) in [6.07, 6.45) is 0.885. The Morgan fingerprint density at radius 2 is 0.863 bits per heavy atom. The molecule has 0 spiro atoms. The fraction of sp³-hybridized carbons (Fsp3) is 0.0204. The van der Waals surface area contributed by atoms with E-state index in [4.69, 9.17) is 0 Å². The summed E-state index contributed by atoms with van der Waals surface area (Å²) in [7, 11) is 0. The van der Waals surface area contributed by atoms with Crippen molar-refractivity contribution in [2.45, 2.75) is 6.42 Å². The molecule has 10 aromatic rings. The van der Waals surface area contributed by atoms with Crippen LogP contribution in [0.3, 0.4) is 0 Å². The third-order valence-corrected chi connectivity index (χ3v) is 11.0. The van der Waals surface area contributed by atoms with E-state index in [9.17, 15) is 0 Å². The van der Waals surface area contributed by atoms with Gasteiger partial charge in [-0.1, -0.05) is 133 Å². The number of hydrogen-bond donors (Lipinski definition) is 0. The van der Waals surface area contributed by atoms with Crippen molar-refractivity contribution in [1.82, 2.24) is 9.13 Å². The predicted molar refractivity (Wildman–Crippen MR) is 214 cm³/mol. The number of rotatable bonds is 4. The van der Waals surface area contributed by atoms with Crippen LogP contribution in [0, 0.1) is 0 Å². The fourth-order valence-electron chi connectivity index (χ4n) is 8.83. The summed E-state index contributed by atoms with van der Waals surface area (Å²) in [5.74, 6) is 0. The number of fused-ring (bicyclic) bond motifs is 10. The molecule has 0 aliphatic heterocycles. The largest absolute Gasteiger partial charge is 0.309 e. The Morgan fingerprint density at radius 1 is 0.333 bits per heavy atom. The molecule has 2 nitrogen and oxygen atoms in total.